The van der Waals surface area contributed by atoms with Crippen molar-refractivity contribution in [2.45, 2.75) is 0 Å². The highest BCUT2D eigenvalue weighted by Gasteiger charge is 2.34. The first-order valence-electron chi connectivity index (χ1n) is 6.11. The Balaban J connectivity index is 1.95. The maximum atomic E-state index is 10.8. The third kappa shape index (κ3) is 1.95. The van der Waals surface area contributed by atoms with Gasteiger partial charge in [-0.15, -0.1) is 0 Å². The molecule has 0 amide bonds. The molecule has 0 unspecified atom stereocenters. The summed E-state index contributed by atoms with van der Waals surface area (Å²) in [6.45, 7) is 0.938. The molecule has 0 atom stereocenters. The molecule has 1 aliphatic rings. The van der Waals surface area contributed by atoms with Crippen molar-refractivity contribution in [1.82, 2.24) is 9.97 Å². The number of anilines is 2. The van der Waals surface area contributed by atoms with Crippen LogP contribution in [-0.4, -0.2) is 41.2 Å². The van der Waals surface area contributed by atoms with E-state index in [-0.39, 0.29) is 5.92 Å². The van der Waals surface area contributed by atoms with Crippen molar-refractivity contribution in [2.75, 3.05) is 30.4 Å². The van der Waals surface area contributed by atoms with Crippen molar-refractivity contribution in [2.24, 2.45) is 5.92 Å². The van der Waals surface area contributed by atoms with E-state index in [0.717, 1.165) is 16.7 Å². The van der Waals surface area contributed by atoms with Crippen LogP contribution in [0.5, 0.6) is 0 Å². The first-order chi connectivity index (χ1) is 9.19. The normalized spacial score (nSPS) is 15.3. The van der Waals surface area contributed by atoms with E-state index in [1.165, 1.54) is 0 Å². The quantitative estimate of drug-likeness (QED) is 0.861. The number of fused-ring (bicyclic) bond motifs is 1. The average molecular weight is 258 g/mol. The first kappa shape index (κ1) is 11.7. The van der Waals surface area contributed by atoms with Crippen LogP contribution in [0.3, 0.4) is 0 Å². The molecule has 1 aromatic carbocycles. The molecule has 1 saturated heterocycles. The largest absolute Gasteiger partial charge is 0.481 e. The van der Waals surface area contributed by atoms with E-state index in [1.54, 1.807) is 0 Å². The van der Waals surface area contributed by atoms with Crippen LogP contribution in [0.1, 0.15) is 0 Å². The molecule has 0 spiro atoms. The smallest absolute Gasteiger partial charge is 0.310 e. The zero-order valence-corrected chi connectivity index (χ0v) is 10.5. The van der Waals surface area contributed by atoms with E-state index in [2.05, 4.69) is 15.3 Å². The van der Waals surface area contributed by atoms with Crippen molar-refractivity contribution < 1.29 is 9.90 Å². The SMILES string of the molecule is CNc1nc(N2CC(C(=O)O)C2)nc2ccccc12. The second-order valence-corrected chi connectivity index (χ2v) is 4.58. The summed E-state index contributed by atoms with van der Waals surface area (Å²) in [5.74, 6) is 0.277. The number of para-hydroxylation sites is 1. The summed E-state index contributed by atoms with van der Waals surface area (Å²) in [5, 5.41) is 12.9. The predicted molar refractivity (Wildman–Crippen MR) is 72.4 cm³/mol. The van der Waals surface area contributed by atoms with Gasteiger partial charge in [-0.25, -0.2) is 4.98 Å². The van der Waals surface area contributed by atoms with Crippen molar-refractivity contribution in [3.05, 3.63) is 24.3 Å². The highest BCUT2D eigenvalue weighted by Crippen LogP contribution is 2.27. The molecule has 98 valence electrons. The molecule has 0 radical (unpaired) electrons. The van der Waals surface area contributed by atoms with Crippen LogP contribution in [0.15, 0.2) is 24.3 Å². The van der Waals surface area contributed by atoms with Gasteiger partial charge >= 0.3 is 5.97 Å². The minimum atomic E-state index is -0.758. The van der Waals surface area contributed by atoms with E-state index >= 15 is 0 Å². The summed E-state index contributed by atoms with van der Waals surface area (Å²) >= 11 is 0. The van der Waals surface area contributed by atoms with Crippen LogP contribution in [-0.2, 0) is 4.79 Å². The van der Waals surface area contributed by atoms with Crippen LogP contribution >= 0.6 is 0 Å². The van der Waals surface area contributed by atoms with Gasteiger partial charge < -0.3 is 15.3 Å². The lowest BCUT2D eigenvalue weighted by Gasteiger charge is -2.36. The van der Waals surface area contributed by atoms with E-state index < -0.39 is 5.97 Å². The van der Waals surface area contributed by atoms with Gasteiger partial charge in [0.25, 0.3) is 0 Å². The summed E-state index contributed by atoms with van der Waals surface area (Å²) in [5.41, 5.74) is 0.857. The number of nitrogens with zero attached hydrogens (tertiary/aromatic N) is 3. The lowest BCUT2D eigenvalue weighted by Crippen LogP contribution is -2.51. The topological polar surface area (TPSA) is 78.4 Å². The summed E-state index contributed by atoms with van der Waals surface area (Å²) in [4.78, 5) is 21.6. The fraction of sp³-hybridized carbons (Fsp3) is 0.308. The fourth-order valence-corrected chi connectivity index (χ4v) is 2.19. The number of nitrogens with one attached hydrogen (secondary N) is 1. The summed E-state index contributed by atoms with van der Waals surface area (Å²) < 4.78 is 0. The number of hydrogen-bond acceptors (Lipinski definition) is 5. The monoisotopic (exact) mass is 258 g/mol. The summed E-state index contributed by atoms with van der Waals surface area (Å²) in [7, 11) is 1.81. The Labute approximate surface area is 110 Å². The Kier molecular flexibility index (Phi) is 2.70. The second-order valence-electron chi connectivity index (χ2n) is 4.58. The zero-order valence-electron chi connectivity index (χ0n) is 10.5. The van der Waals surface area contributed by atoms with E-state index in [1.807, 2.05) is 36.2 Å². The zero-order chi connectivity index (χ0) is 13.4. The second kappa shape index (κ2) is 4.38. The Morgan fingerprint density at radius 2 is 2.11 bits per heavy atom. The van der Waals surface area contributed by atoms with Gasteiger partial charge in [0.2, 0.25) is 5.95 Å². The van der Waals surface area contributed by atoms with Gasteiger partial charge in [0.05, 0.1) is 11.4 Å². The van der Waals surface area contributed by atoms with E-state index in [4.69, 9.17) is 5.11 Å². The standard InChI is InChI=1S/C13H14N4O2/c1-14-11-9-4-2-3-5-10(9)15-13(16-11)17-6-8(7-17)12(18)19/h2-5,8H,6-7H2,1H3,(H,18,19)(H,14,15,16). The summed E-state index contributed by atoms with van der Waals surface area (Å²) in [6.07, 6.45) is 0. The van der Waals surface area contributed by atoms with Gasteiger partial charge in [-0.1, -0.05) is 12.1 Å². The van der Waals surface area contributed by atoms with E-state index in [9.17, 15) is 4.79 Å². The van der Waals surface area contributed by atoms with Crippen molar-refractivity contribution in [3.8, 4) is 0 Å². The molecule has 2 N–H and O–H groups in total. The first-order valence-corrected chi connectivity index (χ1v) is 6.11. The van der Waals surface area contributed by atoms with Crippen molar-refractivity contribution >= 4 is 28.6 Å². The Morgan fingerprint density at radius 3 is 2.79 bits per heavy atom. The molecule has 19 heavy (non-hydrogen) atoms. The number of aromatic nitrogens is 2. The van der Waals surface area contributed by atoms with Crippen LogP contribution < -0.4 is 10.2 Å². The van der Waals surface area contributed by atoms with Gasteiger partial charge in [-0.3, -0.25) is 4.79 Å². The Morgan fingerprint density at radius 1 is 1.37 bits per heavy atom. The molecule has 6 heteroatoms. The van der Waals surface area contributed by atoms with Gasteiger partial charge in [0.1, 0.15) is 5.82 Å². The molecule has 0 bridgehead atoms. The average Bonchev–Trinajstić information content (AvgIpc) is 2.35. The number of aliphatic carboxylic acids is 1. The maximum Gasteiger partial charge on any atom is 0.310 e. The molecular formula is C13H14N4O2. The molecule has 1 aliphatic heterocycles. The number of carbonyl (C=O) groups is 1. The Hall–Kier alpha value is -2.37. The number of rotatable bonds is 3. The molecule has 3 rings (SSSR count). The van der Waals surface area contributed by atoms with Gasteiger partial charge in [0, 0.05) is 25.5 Å². The minimum absolute atomic E-state index is 0.312. The van der Waals surface area contributed by atoms with Gasteiger partial charge in [-0.05, 0) is 12.1 Å². The lowest BCUT2D eigenvalue weighted by molar-refractivity contribution is -0.142. The van der Waals surface area contributed by atoms with Crippen LogP contribution in [0.4, 0.5) is 11.8 Å². The number of carboxylic acid groups (broad SMARTS) is 1. The molecule has 1 aromatic heterocycles. The van der Waals surface area contributed by atoms with Gasteiger partial charge in [0.15, 0.2) is 0 Å². The Bertz CT molecular complexity index is 638. The molecule has 0 aliphatic carbocycles. The number of carboxylic acids is 1. The molecule has 6 nitrogen and oxygen atoms in total. The highest BCUT2D eigenvalue weighted by molar-refractivity contribution is 5.90. The third-order valence-corrected chi connectivity index (χ3v) is 3.34. The maximum absolute atomic E-state index is 10.8. The molecule has 1 fully saturated rings. The van der Waals surface area contributed by atoms with Crippen LogP contribution in [0.25, 0.3) is 10.9 Å². The van der Waals surface area contributed by atoms with Gasteiger partial charge in [-0.2, -0.15) is 4.98 Å². The summed E-state index contributed by atoms with van der Waals surface area (Å²) in [6, 6.07) is 7.75. The molecule has 2 aromatic rings. The van der Waals surface area contributed by atoms with E-state index in [0.29, 0.717) is 19.0 Å². The molecular weight excluding hydrogens is 244 g/mol. The fourth-order valence-electron chi connectivity index (χ4n) is 2.19. The molecule has 2 heterocycles. The highest BCUT2D eigenvalue weighted by atomic mass is 16.4. The van der Waals surface area contributed by atoms with Crippen LogP contribution in [0.2, 0.25) is 0 Å². The molecule has 0 saturated carbocycles. The third-order valence-electron chi connectivity index (χ3n) is 3.34. The van der Waals surface area contributed by atoms with Crippen LogP contribution in [0, 0.1) is 5.92 Å². The number of hydrogen-bond donors (Lipinski definition) is 2. The van der Waals surface area contributed by atoms with Crippen molar-refractivity contribution in [1.29, 1.82) is 0 Å². The lowest BCUT2D eigenvalue weighted by atomic mass is 10.0. The van der Waals surface area contributed by atoms with Crippen molar-refractivity contribution in [3.63, 3.8) is 0 Å². The minimum Gasteiger partial charge on any atom is -0.481 e. The predicted octanol–water partition coefficient (Wildman–Crippen LogP) is 1.19. The number of benzene rings is 1.